The molecule has 2 aromatic carbocycles. The highest BCUT2D eigenvalue weighted by Crippen LogP contribution is 2.45. The number of nitrogens with two attached hydrogens (primary N) is 1. The molecule has 0 fully saturated rings. The third kappa shape index (κ3) is 2.85. The van der Waals surface area contributed by atoms with Crippen LogP contribution in [0.1, 0.15) is 32.6 Å². The number of hydrogen-bond acceptors (Lipinski definition) is 3. The monoisotopic (exact) mass is 413 g/mol. The van der Waals surface area contributed by atoms with E-state index in [9.17, 15) is 9.90 Å². The molecule has 0 saturated carbocycles. The molecule has 0 aromatic heterocycles. The number of halogens is 1. The summed E-state index contributed by atoms with van der Waals surface area (Å²) in [5, 5.41) is 11.7. The quantitative estimate of drug-likeness (QED) is 0.389. The van der Waals surface area contributed by atoms with E-state index in [2.05, 4.69) is 47.0 Å². The van der Waals surface area contributed by atoms with Gasteiger partial charge < -0.3 is 10.8 Å². The summed E-state index contributed by atoms with van der Waals surface area (Å²) in [6.07, 6.45) is 0. The number of hydrogen-bond donors (Lipinski definition) is 2. The van der Waals surface area contributed by atoms with Crippen LogP contribution in [-0.2, 0) is 5.60 Å². The summed E-state index contributed by atoms with van der Waals surface area (Å²) in [5.41, 5.74) is 10.9. The van der Waals surface area contributed by atoms with E-state index in [0.29, 0.717) is 32.4 Å². The normalized spacial score (nSPS) is 18.9. The van der Waals surface area contributed by atoms with Crippen molar-refractivity contribution in [1.82, 2.24) is 0 Å². The number of carbonyl (C=O) groups is 1. The van der Waals surface area contributed by atoms with Crippen molar-refractivity contribution >= 4 is 35.5 Å². The van der Waals surface area contributed by atoms with E-state index >= 15 is 0 Å². The van der Waals surface area contributed by atoms with Gasteiger partial charge in [-0.1, -0.05) is 65.8 Å². The highest BCUT2D eigenvalue weighted by molar-refractivity contribution is 9.10. The highest BCUT2D eigenvalue weighted by Gasteiger charge is 2.44. The van der Waals surface area contributed by atoms with Gasteiger partial charge in [0.1, 0.15) is 8.07 Å². The molecule has 1 aliphatic rings. The first-order chi connectivity index (χ1) is 11.6. The van der Waals surface area contributed by atoms with E-state index in [1.807, 2.05) is 19.1 Å². The zero-order chi connectivity index (χ0) is 18.6. The maximum Gasteiger partial charge on any atom is 0.196 e. The van der Waals surface area contributed by atoms with Gasteiger partial charge in [0.05, 0.1) is 5.56 Å². The first-order valence-corrected chi connectivity index (χ1v) is 12.4. The second-order valence-corrected chi connectivity index (χ2v) is 13.0. The highest BCUT2D eigenvalue weighted by atomic mass is 79.9. The maximum absolute atomic E-state index is 13.1. The van der Waals surface area contributed by atoms with Gasteiger partial charge in [-0.05, 0) is 18.6 Å². The van der Waals surface area contributed by atoms with Crippen molar-refractivity contribution in [3.63, 3.8) is 0 Å². The topological polar surface area (TPSA) is 63.3 Å². The molecule has 3 rings (SSSR count). The number of rotatable bonds is 0. The second-order valence-electron chi connectivity index (χ2n) is 7.42. The van der Waals surface area contributed by atoms with Crippen LogP contribution in [0.4, 0.5) is 5.69 Å². The molecule has 0 amide bonds. The van der Waals surface area contributed by atoms with E-state index in [1.165, 1.54) is 0 Å². The van der Waals surface area contributed by atoms with Gasteiger partial charge >= 0.3 is 0 Å². The van der Waals surface area contributed by atoms with Crippen molar-refractivity contribution < 1.29 is 9.90 Å². The molecule has 0 unspecified atom stereocenters. The fourth-order valence-electron chi connectivity index (χ4n) is 3.05. The van der Waals surface area contributed by atoms with Crippen molar-refractivity contribution in [3.8, 4) is 11.5 Å². The first-order valence-electron chi connectivity index (χ1n) is 8.06. The van der Waals surface area contributed by atoms with Crippen molar-refractivity contribution in [2.24, 2.45) is 0 Å². The number of nitrogen functional groups attached to an aromatic ring is 1. The summed E-state index contributed by atoms with van der Waals surface area (Å²) in [6, 6.07) is 8.91. The van der Waals surface area contributed by atoms with Crippen molar-refractivity contribution in [3.05, 3.63) is 62.6 Å². The molecule has 0 heterocycles. The smallest absolute Gasteiger partial charge is 0.196 e. The van der Waals surface area contributed by atoms with Gasteiger partial charge in [-0.15, -0.1) is 5.54 Å². The van der Waals surface area contributed by atoms with Crippen LogP contribution in [-0.4, -0.2) is 19.0 Å². The zero-order valence-corrected chi connectivity index (χ0v) is 17.3. The Morgan fingerprint density at radius 3 is 2.52 bits per heavy atom. The molecule has 0 aliphatic heterocycles. The Labute approximate surface area is 157 Å². The summed E-state index contributed by atoms with van der Waals surface area (Å²) in [4.78, 5) is 13.1. The molecule has 5 heteroatoms. The van der Waals surface area contributed by atoms with Crippen LogP contribution >= 0.6 is 15.9 Å². The van der Waals surface area contributed by atoms with E-state index < -0.39 is 13.7 Å². The molecule has 0 saturated heterocycles. The molecule has 0 bridgehead atoms. The Hall–Kier alpha value is -1.87. The van der Waals surface area contributed by atoms with Crippen molar-refractivity contribution in [1.29, 1.82) is 0 Å². The second kappa shape index (κ2) is 5.84. The summed E-state index contributed by atoms with van der Waals surface area (Å²) in [7, 11) is -1.74. The van der Waals surface area contributed by atoms with Crippen molar-refractivity contribution in [2.45, 2.75) is 32.2 Å². The Bertz CT molecular complexity index is 966. The van der Waals surface area contributed by atoms with Crippen LogP contribution in [0, 0.1) is 18.4 Å². The van der Waals surface area contributed by atoms with Crippen LogP contribution in [0.15, 0.2) is 34.8 Å². The van der Waals surface area contributed by atoms with Gasteiger partial charge in [0.25, 0.3) is 0 Å². The summed E-state index contributed by atoms with van der Waals surface area (Å²) < 4.78 is 0.643. The number of carbonyl (C=O) groups excluding carboxylic acids is 1. The minimum atomic E-state index is -1.74. The van der Waals surface area contributed by atoms with Crippen LogP contribution in [0.25, 0.3) is 0 Å². The molecule has 1 atom stereocenters. The Balaban J connectivity index is 2.45. The number of aryl methyl sites for hydroxylation is 1. The van der Waals surface area contributed by atoms with E-state index in [4.69, 9.17) is 5.73 Å². The predicted octanol–water partition coefficient (Wildman–Crippen LogP) is 4.00. The molecule has 3 nitrogen and oxygen atoms in total. The Morgan fingerprint density at radius 1 is 1.24 bits per heavy atom. The fraction of sp³-hybridized carbons (Fsp3) is 0.250. The molecular formula is C20H20BrNO2Si. The molecule has 0 radical (unpaired) electrons. The Morgan fingerprint density at radius 2 is 1.88 bits per heavy atom. The summed E-state index contributed by atoms with van der Waals surface area (Å²) >= 11 is 3.52. The summed E-state index contributed by atoms with van der Waals surface area (Å²) in [6.45, 7) is 8.19. The fourth-order valence-corrected chi connectivity index (χ4v) is 4.44. The lowest BCUT2D eigenvalue weighted by Crippen LogP contribution is -2.36. The van der Waals surface area contributed by atoms with Gasteiger partial charge in [0.2, 0.25) is 0 Å². The number of anilines is 1. The van der Waals surface area contributed by atoms with Crippen LogP contribution in [0.2, 0.25) is 19.6 Å². The molecule has 2 aromatic rings. The van der Waals surface area contributed by atoms with E-state index in [1.54, 1.807) is 18.2 Å². The van der Waals surface area contributed by atoms with Gasteiger partial charge in [-0.25, -0.2) is 0 Å². The minimum Gasteiger partial charge on any atom is -0.398 e. The number of aliphatic hydroxyl groups is 1. The van der Waals surface area contributed by atoms with Crippen LogP contribution in [0.5, 0.6) is 0 Å². The molecule has 1 aliphatic carbocycles. The number of benzene rings is 2. The van der Waals surface area contributed by atoms with Crippen LogP contribution in [0.3, 0.4) is 0 Å². The average Bonchev–Trinajstić information content (AvgIpc) is 2.54. The lowest BCUT2D eigenvalue weighted by atomic mass is 9.73. The largest absolute Gasteiger partial charge is 0.398 e. The zero-order valence-electron chi connectivity index (χ0n) is 14.7. The van der Waals surface area contributed by atoms with Gasteiger partial charge in [0, 0.05) is 26.9 Å². The lowest BCUT2D eigenvalue weighted by Gasteiger charge is -2.34. The predicted molar refractivity (Wildman–Crippen MR) is 107 cm³/mol. The molecule has 0 spiro atoms. The standard InChI is InChI=1S/C20H20BrNO2Si/c1-12-11-15(21)17-16(18(12)22)19(23)13-7-5-6-8-14(13)20(17,24)9-10-25(2,3)4/h5-8,11,24H,22H2,1-4H3/t20-/m0/s1. The number of ketones is 1. The van der Waals surface area contributed by atoms with Crippen molar-refractivity contribution in [2.75, 3.05) is 5.73 Å². The third-order valence-corrected chi connectivity index (χ3v) is 5.80. The van der Waals surface area contributed by atoms with Gasteiger partial charge in [-0.3, -0.25) is 4.79 Å². The lowest BCUT2D eigenvalue weighted by molar-refractivity contribution is 0.0980. The number of fused-ring (bicyclic) bond motifs is 2. The Kier molecular flexibility index (Phi) is 4.19. The summed E-state index contributed by atoms with van der Waals surface area (Å²) in [5.74, 6) is 2.91. The van der Waals surface area contributed by atoms with Gasteiger partial charge in [-0.2, -0.15) is 0 Å². The molecule has 25 heavy (non-hydrogen) atoms. The molecule has 128 valence electrons. The molecule has 3 N–H and O–H groups in total. The third-order valence-electron chi connectivity index (χ3n) is 4.29. The molecular weight excluding hydrogens is 394 g/mol. The minimum absolute atomic E-state index is 0.174. The SMILES string of the molecule is Cc1cc(Br)c2c(c1N)C(=O)c1ccccc1[C@@]2(O)C#C[Si](C)(C)C. The van der Waals surface area contributed by atoms with E-state index in [0.717, 1.165) is 5.56 Å². The van der Waals surface area contributed by atoms with Gasteiger partial charge in [0.15, 0.2) is 11.4 Å². The first kappa shape index (κ1) is 17.9. The maximum atomic E-state index is 13.1. The van der Waals surface area contributed by atoms with Crippen LogP contribution < -0.4 is 5.73 Å². The van der Waals surface area contributed by atoms with E-state index in [-0.39, 0.29) is 5.78 Å². The average molecular weight is 414 g/mol.